The number of anilines is 1. The predicted octanol–water partition coefficient (Wildman–Crippen LogP) is 4.14. The summed E-state index contributed by atoms with van der Waals surface area (Å²) in [5.41, 5.74) is 1.07. The summed E-state index contributed by atoms with van der Waals surface area (Å²) in [6, 6.07) is 5.33. The van der Waals surface area contributed by atoms with Crippen LogP contribution in [0, 0.1) is 5.92 Å². The first-order valence-electron chi connectivity index (χ1n) is 8.55. The largest absolute Gasteiger partial charge is 0.349 e. The molecule has 23 heavy (non-hydrogen) atoms. The van der Waals surface area contributed by atoms with Gasteiger partial charge in [0.2, 0.25) is 5.91 Å². The summed E-state index contributed by atoms with van der Waals surface area (Å²) in [6.07, 6.45) is 8.65. The molecule has 0 aromatic heterocycles. The maximum Gasteiger partial charge on any atom is 0.253 e. The average Bonchev–Trinajstić information content (AvgIpc) is 2.48. The van der Waals surface area contributed by atoms with Crippen molar-refractivity contribution in [1.29, 1.82) is 0 Å². The van der Waals surface area contributed by atoms with Crippen LogP contribution in [0.25, 0.3) is 0 Å². The molecular formula is C18H23ClN2O2. The Kier molecular flexibility index (Phi) is 5.21. The van der Waals surface area contributed by atoms with Crippen LogP contribution in [0.2, 0.25) is 5.02 Å². The lowest BCUT2D eigenvalue weighted by atomic mass is 9.85. The second-order valence-electron chi connectivity index (χ2n) is 6.62. The van der Waals surface area contributed by atoms with E-state index in [1.54, 1.807) is 18.2 Å². The van der Waals surface area contributed by atoms with Crippen molar-refractivity contribution in [1.82, 2.24) is 5.32 Å². The van der Waals surface area contributed by atoms with Crippen LogP contribution in [0.1, 0.15) is 61.7 Å². The van der Waals surface area contributed by atoms with Crippen molar-refractivity contribution in [2.45, 2.75) is 57.4 Å². The van der Waals surface area contributed by atoms with Gasteiger partial charge in [0.15, 0.2) is 0 Å². The van der Waals surface area contributed by atoms with E-state index in [4.69, 9.17) is 11.6 Å². The number of carbonyl (C=O) groups excluding carboxylic acids is 2. The lowest BCUT2D eigenvalue weighted by molar-refractivity contribution is -0.122. The molecule has 0 unspecified atom stereocenters. The summed E-state index contributed by atoms with van der Waals surface area (Å²) in [6.45, 7) is 0. The smallest absolute Gasteiger partial charge is 0.253 e. The van der Waals surface area contributed by atoms with Crippen molar-refractivity contribution in [3.63, 3.8) is 0 Å². The van der Waals surface area contributed by atoms with Gasteiger partial charge in [0.05, 0.1) is 10.6 Å². The highest BCUT2D eigenvalue weighted by atomic mass is 35.5. The van der Waals surface area contributed by atoms with E-state index in [2.05, 4.69) is 10.6 Å². The fourth-order valence-corrected chi connectivity index (χ4v) is 3.41. The molecule has 2 aliphatic carbocycles. The zero-order valence-electron chi connectivity index (χ0n) is 13.2. The summed E-state index contributed by atoms with van der Waals surface area (Å²) >= 11 is 6.17. The van der Waals surface area contributed by atoms with E-state index < -0.39 is 0 Å². The number of halogens is 1. The number of rotatable bonds is 4. The Labute approximate surface area is 142 Å². The van der Waals surface area contributed by atoms with Gasteiger partial charge in [-0.25, -0.2) is 0 Å². The molecule has 2 amide bonds. The maximum absolute atomic E-state index is 12.5. The van der Waals surface area contributed by atoms with Crippen LogP contribution in [0.3, 0.4) is 0 Å². The van der Waals surface area contributed by atoms with Gasteiger partial charge in [-0.15, -0.1) is 0 Å². The average molecular weight is 335 g/mol. The highest BCUT2D eigenvalue weighted by Crippen LogP contribution is 2.28. The van der Waals surface area contributed by atoms with Crippen LogP contribution >= 0.6 is 11.6 Å². The van der Waals surface area contributed by atoms with Gasteiger partial charge < -0.3 is 10.6 Å². The lowest BCUT2D eigenvalue weighted by Crippen LogP contribution is -2.36. The first-order chi connectivity index (χ1) is 11.1. The van der Waals surface area contributed by atoms with Crippen LogP contribution in [-0.2, 0) is 4.79 Å². The van der Waals surface area contributed by atoms with Gasteiger partial charge in [0, 0.05) is 17.6 Å². The van der Waals surface area contributed by atoms with Crippen molar-refractivity contribution in [3.05, 3.63) is 28.8 Å². The van der Waals surface area contributed by atoms with Crippen molar-refractivity contribution in [3.8, 4) is 0 Å². The molecule has 0 bridgehead atoms. The summed E-state index contributed by atoms with van der Waals surface area (Å²) in [5.74, 6) is 0.00375. The Morgan fingerprint density at radius 3 is 2.39 bits per heavy atom. The minimum atomic E-state index is -0.151. The fraction of sp³-hybridized carbons (Fsp3) is 0.556. The Balaban J connectivity index is 1.66. The van der Waals surface area contributed by atoms with E-state index in [-0.39, 0.29) is 23.8 Å². The summed E-state index contributed by atoms with van der Waals surface area (Å²) < 4.78 is 0. The predicted molar refractivity (Wildman–Crippen MR) is 91.8 cm³/mol. The van der Waals surface area contributed by atoms with Gasteiger partial charge >= 0.3 is 0 Å². The van der Waals surface area contributed by atoms with Crippen LogP contribution in [0.15, 0.2) is 18.2 Å². The van der Waals surface area contributed by atoms with Gasteiger partial charge in [-0.3, -0.25) is 9.59 Å². The summed E-state index contributed by atoms with van der Waals surface area (Å²) in [7, 11) is 0. The number of amides is 2. The molecule has 0 spiro atoms. The van der Waals surface area contributed by atoms with E-state index in [1.807, 2.05) is 0 Å². The third-order valence-corrected chi connectivity index (χ3v) is 5.22. The minimum Gasteiger partial charge on any atom is -0.349 e. The Hall–Kier alpha value is -1.55. The van der Waals surface area contributed by atoms with Gasteiger partial charge in [-0.05, 0) is 43.9 Å². The first-order valence-corrected chi connectivity index (χ1v) is 8.92. The topological polar surface area (TPSA) is 58.2 Å². The molecule has 5 heteroatoms. The van der Waals surface area contributed by atoms with E-state index in [0.717, 1.165) is 44.9 Å². The van der Waals surface area contributed by atoms with Crippen molar-refractivity contribution in [2.24, 2.45) is 5.92 Å². The molecule has 2 aliphatic rings. The molecule has 2 saturated carbocycles. The number of nitrogens with one attached hydrogen (secondary N) is 2. The highest BCUT2D eigenvalue weighted by Gasteiger charge is 2.25. The molecular weight excluding hydrogens is 312 g/mol. The Morgan fingerprint density at radius 2 is 1.74 bits per heavy atom. The molecule has 0 heterocycles. The molecule has 0 saturated heterocycles. The molecule has 1 aromatic rings. The van der Waals surface area contributed by atoms with E-state index in [0.29, 0.717) is 16.3 Å². The number of carbonyl (C=O) groups is 2. The standard InChI is InChI=1S/C18H23ClN2O2/c19-16-10-9-14(21-17(22)12-5-4-6-12)11-15(16)18(23)20-13-7-2-1-3-8-13/h9-13H,1-8H2,(H,20,23)(H,21,22). The number of benzene rings is 1. The zero-order valence-corrected chi connectivity index (χ0v) is 14.0. The molecule has 2 N–H and O–H groups in total. The van der Waals surface area contributed by atoms with Crippen molar-refractivity contribution < 1.29 is 9.59 Å². The van der Waals surface area contributed by atoms with E-state index >= 15 is 0 Å². The minimum absolute atomic E-state index is 0.0391. The van der Waals surface area contributed by atoms with E-state index in [1.165, 1.54) is 6.42 Å². The van der Waals surface area contributed by atoms with Gasteiger partial charge in [-0.2, -0.15) is 0 Å². The third-order valence-electron chi connectivity index (χ3n) is 4.89. The fourth-order valence-electron chi connectivity index (χ4n) is 3.20. The number of hydrogen-bond donors (Lipinski definition) is 2. The molecule has 2 fully saturated rings. The molecule has 3 rings (SSSR count). The van der Waals surface area contributed by atoms with Gasteiger partial charge in [0.1, 0.15) is 0 Å². The zero-order chi connectivity index (χ0) is 16.2. The van der Waals surface area contributed by atoms with Crippen molar-refractivity contribution >= 4 is 29.1 Å². The molecule has 0 atom stereocenters. The molecule has 0 aliphatic heterocycles. The maximum atomic E-state index is 12.5. The molecule has 0 radical (unpaired) electrons. The van der Waals surface area contributed by atoms with Crippen LogP contribution < -0.4 is 10.6 Å². The first kappa shape index (κ1) is 16.3. The second-order valence-corrected chi connectivity index (χ2v) is 7.03. The number of hydrogen-bond acceptors (Lipinski definition) is 2. The molecule has 4 nitrogen and oxygen atoms in total. The van der Waals surface area contributed by atoms with Crippen LogP contribution in [0.5, 0.6) is 0 Å². The van der Waals surface area contributed by atoms with Crippen molar-refractivity contribution in [2.75, 3.05) is 5.32 Å². The van der Waals surface area contributed by atoms with Crippen LogP contribution in [-0.4, -0.2) is 17.9 Å². The third kappa shape index (κ3) is 4.05. The van der Waals surface area contributed by atoms with Gasteiger partial charge in [-0.1, -0.05) is 37.3 Å². The normalized spacial score (nSPS) is 19.0. The Bertz CT molecular complexity index is 593. The second kappa shape index (κ2) is 7.35. The summed E-state index contributed by atoms with van der Waals surface area (Å²) in [4.78, 5) is 24.5. The molecule has 124 valence electrons. The molecule has 1 aromatic carbocycles. The van der Waals surface area contributed by atoms with E-state index in [9.17, 15) is 9.59 Å². The monoisotopic (exact) mass is 334 g/mol. The highest BCUT2D eigenvalue weighted by molar-refractivity contribution is 6.34. The quantitative estimate of drug-likeness (QED) is 0.869. The lowest BCUT2D eigenvalue weighted by Gasteiger charge is -2.24. The SMILES string of the molecule is O=C(NC1CCCCC1)c1cc(NC(=O)C2CCC2)ccc1Cl. The Morgan fingerprint density at radius 1 is 1.00 bits per heavy atom. The van der Waals surface area contributed by atoms with Crippen LogP contribution in [0.4, 0.5) is 5.69 Å². The van der Waals surface area contributed by atoms with Gasteiger partial charge in [0.25, 0.3) is 5.91 Å². The summed E-state index contributed by atoms with van der Waals surface area (Å²) in [5, 5.41) is 6.37.